The molecule has 1 saturated carbocycles. The molecular weight excluding hydrogens is 268 g/mol. The van der Waals surface area contributed by atoms with Gasteiger partial charge in [-0.2, -0.15) is 0 Å². The SMILES string of the molecule is CCCNCC1CCCCCC1c1ccc(C)c(F)c1F. The van der Waals surface area contributed by atoms with Gasteiger partial charge in [0.05, 0.1) is 0 Å². The highest BCUT2D eigenvalue weighted by atomic mass is 19.2. The lowest BCUT2D eigenvalue weighted by Crippen LogP contribution is -2.28. The van der Waals surface area contributed by atoms with Crippen LogP contribution in [0.2, 0.25) is 0 Å². The van der Waals surface area contributed by atoms with Gasteiger partial charge >= 0.3 is 0 Å². The van der Waals surface area contributed by atoms with E-state index in [2.05, 4.69) is 12.2 Å². The molecule has 1 aliphatic carbocycles. The van der Waals surface area contributed by atoms with Crippen LogP contribution in [0.4, 0.5) is 8.78 Å². The van der Waals surface area contributed by atoms with Crippen LogP contribution in [0.25, 0.3) is 0 Å². The summed E-state index contributed by atoms with van der Waals surface area (Å²) >= 11 is 0. The summed E-state index contributed by atoms with van der Waals surface area (Å²) in [7, 11) is 0. The number of halogens is 2. The molecule has 1 aromatic rings. The highest BCUT2D eigenvalue weighted by Gasteiger charge is 2.28. The standard InChI is InChI=1S/C18H27F2N/c1-3-11-21-12-14-7-5-4-6-8-15(14)16-10-9-13(2)17(19)18(16)20/h9-10,14-15,21H,3-8,11-12H2,1-2H3. The molecule has 118 valence electrons. The number of aryl methyl sites for hydroxylation is 1. The largest absolute Gasteiger partial charge is 0.316 e. The van der Waals surface area contributed by atoms with Gasteiger partial charge in [-0.05, 0) is 62.2 Å². The number of rotatable bonds is 5. The molecule has 0 radical (unpaired) electrons. The Morgan fingerprint density at radius 2 is 1.86 bits per heavy atom. The van der Waals surface area contributed by atoms with E-state index in [0.29, 0.717) is 17.0 Å². The first-order valence-electron chi connectivity index (χ1n) is 8.30. The lowest BCUT2D eigenvalue weighted by Gasteiger charge is -2.26. The molecule has 0 aromatic heterocycles. The Kier molecular flexibility index (Phi) is 6.16. The second kappa shape index (κ2) is 7.88. The predicted octanol–water partition coefficient (Wildman–Crippen LogP) is 4.94. The molecule has 1 N–H and O–H groups in total. The third-order valence-electron chi connectivity index (χ3n) is 4.70. The van der Waals surface area contributed by atoms with Gasteiger partial charge in [-0.15, -0.1) is 0 Å². The maximum atomic E-state index is 14.3. The Hall–Kier alpha value is -0.960. The summed E-state index contributed by atoms with van der Waals surface area (Å²) in [5, 5.41) is 3.46. The lowest BCUT2D eigenvalue weighted by atomic mass is 9.81. The highest BCUT2D eigenvalue weighted by molar-refractivity contribution is 5.29. The van der Waals surface area contributed by atoms with E-state index in [0.717, 1.165) is 38.8 Å². The van der Waals surface area contributed by atoms with Crippen LogP contribution in [-0.4, -0.2) is 13.1 Å². The van der Waals surface area contributed by atoms with Gasteiger partial charge in [-0.1, -0.05) is 38.3 Å². The van der Waals surface area contributed by atoms with Crippen molar-refractivity contribution in [2.75, 3.05) is 13.1 Å². The molecular formula is C18H27F2N. The van der Waals surface area contributed by atoms with Gasteiger partial charge in [0.25, 0.3) is 0 Å². The Labute approximate surface area is 127 Å². The Bertz CT molecular complexity index is 459. The molecule has 21 heavy (non-hydrogen) atoms. The highest BCUT2D eigenvalue weighted by Crippen LogP contribution is 2.38. The third-order valence-corrected chi connectivity index (χ3v) is 4.70. The van der Waals surface area contributed by atoms with Crippen LogP contribution in [0.5, 0.6) is 0 Å². The summed E-state index contributed by atoms with van der Waals surface area (Å²) < 4.78 is 28.2. The molecule has 0 spiro atoms. The van der Waals surface area contributed by atoms with Gasteiger partial charge < -0.3 is 5.32 Å². The minimum atomic E-state index is -0.669. The van der Waals surface area contributed by atoms with E-state index in [4.69, 9.17) is 0 Å². The van der Waals surface area contributed by atoms with Crippen molar-refractivity contribution in [3.05, 3.63) is 34.9 Å². The number of hydrogen-bond acceptors (Lipinski definition) is 1. The van der Waals surface area contributed by atoms with Crippen molar-refractivity contribution in [3.63, 3.8) is 0 Å². The van der Waals surface area contributed by atoms with E-state index < -0.39 is 11.6 Å². The summed E-state index contributed by atoms with van der Waals surface area (Å²) in [6.45, 7) is 5.67. The summed E-state index contributed by atoms with van der Waals surface area (Å²) in [6.07, 6.45) is 6.70. The van der Waals surface area contributed by atoms with E-state index in [-0.39, 0.29) is 5.92 Å². The topological polar surface area (TPSA) is 12.0 Å². The minimum Gasteiger partial charge on any atom is -0.316 e. The lowest BCUT2D eigenvalue weighted by molar-refractivity contribution is 0.361. The van der Waals surface area contributed by atoms with Crippen LogP contribution in [0.15, 0.2) is 12.1 Å². The maximum absolute atomic E-state index is 14.3. The fourth-order valence-electron chi connectivity index (χ4n) is 3.45. The van der Waals surface area contributed by atoms with Crippen LogP contribution in [-0.2, 0) is 0 Å². The van der Waals surface area contributed by atoms with E-state index in [1.165, 1.54) is 12.8 Å². The maximum Gasteiger partial charge on any atom is 0.162 e. The van der Waals surface area contributed by atoms with Crippen LogP contribution in [0, 0.1) is 24.5 Å². The second-order valence-corrected chi connectivity index (χ2v) is 6.31. The zero-order valence-corrected chi connectivity index (χ0v) is 13.2. The van der Waals surface area contributed by atoms with Gasteiger partial charge in [0, 0.05) is 0 Å². The fourth-order valence-corrected chi connectivity index (χ4v) is 3.45. The van der Waals surface area contributed by atoms with E-state index >= 15 is 0 Å². The molecule has 0 heterocycles. The van der Waals surface area contributed by atoms with Crippen LogP contribution >= 0.6 is 0 Å². The van der Waals surface area contributed by atoms with Crippen molar-refractivity contribution < 1.29 is 8.78 Å². The molecule has 2 atom stereocenters. The molecule has 0 amide bonds. The average molecular weight is 295 g/mol. The van der Waals surface area contributed by atoms with Crippen molar-refractivity contribution in [1.82, 2.24) is 5.32 Å². The molecule has 3 heteroatoms. The van der Waals surface area contributed by atoms with Gasteiger partial charge in [0.1, 0.15) is 0 Å². The van der Waals surface area contributed by atoms with Crippen molar-refractivity contribution in [1.29, 1.82) is 0 Å². The van der Waals surface area contributed by atoms with Crippen molar-refractivity contribution in [2.45, 2.75) is 58.3 Å². The average Bonchev–Trinajstić information content (AvgIpc) is 2.71. The first kappa shape index (κ1) is 16.4. The van der Waals surface area contributed by atoms with Crippen molar-refractivity contribution in [2.24, 2.45) is 5.92 Å². The summed E-state index contributed by atoms with van der Waals surface area (Å²) in [4.78, 5) is 0. The number of hydrogen-bond donors (Lipinski definition) is 1. The number of nitrogens with one attached hydrogen (secondary N) is 1. The molecule has 2 rings (SSSR count). The molecule has 0 bridgehead atoms. The van der Waals surface area contributed by atoms with Crippen LogP contribution in [0.1, 0.15) is 62.5 Å². The molecule has 0 saturated heterocycles. The van der Waals surface area contributed by atoms with Crippen molar-refractivity contribution in [3.8, 4) is 0 Å². The Morgan fingerprint density at radius 3 is 2.62 bits per heavy atom. The van der Waals surface area contributed by atoms with E-state index in [1.807, 2.05) is 0 Å². The molecule has 1 aliphatic rings. The first-order valence-corrected chi connectivity index (χ1v) is 8.30. The summed E-state index contributed by atoms with van der Waals surface area (Å²) in [5.74, 6) is -0.734. The number of benzene rings is 1. The first-order chi connectivity index (χ1) is 10.1. The zero-order valence-electron chi connectivity index (χ0n) is 13.2. The third kappa shape index (κ3) is 4.03. The molecule has 0 aliphatic heterocycles. The summed E-state index contributed by atoms with van der Waals surface area (Å²) in [6, 6.07) is 3.52. The fraction of sp³-hybridized carbons (Fsp3) is 0.667. The van der Waals surface area contributed by atoms with Gasteiger partial charge in [-0.3, -0.25) is 0 Å². The van der Waals surface area contributed by atoms with E-state index in [9.17, 15) is 8.78 Å². The predicted molar refractivity (Wildman–Crippen MR) is 83.6 cm³/mol. The molecule has 1 fully saturated rings. The Balaban J connectivity index is 2.21. The molecule has 1 aromatic carbocycles. The minimum absolute atomic E-state index is 0.145. The van der Waals surface area contributed by atoms with Gasteiger partial charge in [-0.25, -0.2) is 8.78 Å². The zero-order chi connectivity index (χ0) is 15.2. The summed E-state index contributed by atoms with van der Waals surface area (Å²) in [5.41, 5.74) is 0.980. The van der Waals surface area contributed by atoms with E-state index in [1.54, 1.807) is 19.1 Å². The quantitative estimate of drug-likeness (QED) is 0.599. The molecule has 1 nitrogen and oxygen atoms in total. The monoisotopic (exact) mass is 295 g/mol. The Morgan fingerprint density at radius 1 is 1.10 bits per heavy atom. The van der Waals surface area contributed by atoms with Gasteiger partial charge in [0.2, 0.25) is 0 Å². The smallest absolute Gasteiger partial charge is 0.162 e. The van der Waals surface area contributed by atoms with Crippen LogP contribution in [0.3, 0.4) is 0 Å². The van der Waals surface area contributed by atoms with Crippen LogP contribution < -0.4 is 5.32 Å². The second-order valence-electron chi connectivity index (χ2n) is 6.31. The normalized spacial score (nSPS) is 23.0. The molecule has 2 unspecified atom stereocenters. The van der Waals surface area contributed by atoms with Crippen molar-refractivity contribution >= 4 is 0 Å². The van der Waals surface area contributed by atoms with Gasteiger partial charge in [0.15, 0.2) is 11.6 Å².